The van der Waals surface area contributed by atoms with E-state index in [1.54, 1.807) is 0 Å². The summed E-state index contributed by atoms with van der Waals surface area (Å²) in [5, 5.41) is 10.7. The largest absolute Gasteiger partial charge is 0.289 e. The van der Waals surface area contributed by atoms with Crippen LogP contribution >= 0.6 is 0 Å². The molecule has 0 saturated carbocycles. The fourth-order valence-electron chi connectivity index (χ4n) is 2.96. The van der Waals surface area contributed by atoms with Crippen molar-refractivity contribution >= 4 is 35.9 Å². The van der Waals surface area contributed by atoms with Crippen molar-refractivity contribution in [3.8, 4) is 11.1 Å². The van der Waals surface area contributed by atoms with Crippen molar-refractivity contribution in [3.05, 3.63) is 83.9 Å². The molecule has 0 aromatic heterocycles. The number of rotatable bonds is 3. The zero-order chi connectivity index (χ0) is 21.0. The quantitative estimate of drug-likeness (QED) is 0.249. The van der Waals surface area contributed by atoms with E-state index in [2.05, 4.69) is 9.19 Å². The van der Waals surface area contributed by atoms with E-state index >= 15 is 0 Å². The number of carbonyl (C=O) groups is 2. The molecule has 1 aliphatic carbocycles. The van der Waals surface area contributed by atoms with E-state index in [1.165, 1.54) is 31.2 Å². The van der Waals surface area contributed by atoms with Crippen LogP contribution in [0.1, 0.15) is 22.8 Å². The second-order valence-corrected chi connectivity index (χ2v) is 9.86. The molecule has 0 radical (unpaired) electrons. The van der Waals surface area contributed by atoms with Gasteiger partial charge in [0.1, 0.15) is 0 Å². The Morgan fingerprint density at radius 2 is 1.31 bits per heavy atom. The van der Waals surface area contributed by atoms with Gasteiger partial charge < -0.3 is 0 Å². The maximum atomic E-state index is 11.9. The van der Waals surface area contributed by atoms with Crippen molar-refractivity contribution in [2.24, 2.45) is 0 Å². The Balaban J connectivity index is 0.000000166. The van der Waals surface area contributed by atoms with Crippen LogP contribution in [0.4, 0.5) is 5.69 Å². The van der Waals surface area contributed by atoms with Gasteiger partial charge in [-0.05, 0) is 11.1 Å². The molecule has 3 aromatic carbocycles. The Hall–Kier alpha value is -2.96. The molecule has 0 spiro atoms. The third-order valence-electron chi connectivity index (χ3n) is 4.26. The van der Waals surface area contributed by atoms with Crippen molar-refractivity contribution in [2.45, 2.75) is 6.92 Å². The average Bonchev–Trinajstić information content (AvgIpc) is 3.02. The molecule has 1 unspecified atom stereocenters. The first-order valence-corrected chi connectivity index (χ1v) is 11.9. The van der Waals surface area contributed by atoms with Gasteiger partial charge in [0.2, 0.25) is 0 Å². The molecule has 29 heavy (non-hydrogen) atoms. The van der Waals surface area contributed by atoms with Crippen molar-refractivity contribution in [1.82, 2.24) is 0 Å². The summed E-state index contributed by atoms with van der Waals surface area (Å²) in [4.78, 5) is 22.6. The number of hydrogen-bond donors (Lipinski definition) is 3. The number of ketones is 1. The predicted molar refractivity (Wildman–Crippen MR) is 108 cm³/mol. The zero-order valence-electron chi connectivity index (χ0n) is 15.4. The molecular weight excluding hydrogens is 437 g/mol. The number of fused-ring (bicyclic) bond motifs is 3. The van der Waals surface area contributed by atoms with Gasteiger partial charge >= 0.3 is 88.4 Å². The van der Waals surface area contributed by atoms with E-state index in [9.17, 15) is 13.3 Å². The van der Waals surface area contributed by atoms with Gasteiger partial charge in [-0.15, -0.1) is 0 Å². The number of carbonyl (C=O) groups excluding carboxylic acids is 2. The fourth-order valence-corrected chi connectivity index (χ4v) is 4.26. The van der Waals surface area contributed by atoms with Gasteiger partial charge in [0.05, 0.1) is 0 Å². The molecule has 0 fully saturated rings. The van der Waals surface area contributed by atoms with E-state index in [-0.39, 0.29) is 16.0 Å². The van der Waals surface area contributed by atoms with E-state index in [4.69, 9.17) is 9.35 Å². The minimum absolute atomic E-state index is 0.00438. The summed E-state index contributed by atoms with van der Waals surface area (Å²) in [5.41, 5.74) is 4.28. The summed E-state index contributed by atoms with van der Waals surface area (Å²) in [6, 6.07) is 21.0. The first-order valence-electron chi connectivity index (χ1n) is 8.61. The molecule has 1 aliphatic rings. The average molecular weight is 455 g/mol. The fraction of sp³-hybridized carbons (Fsp3) is 0.0476. The molecule has 4 rings (SSSR count). The Morgan fingerprint density at radius 3 is 1.72 bits per heavy atom. The van der Waals surface area contributed by atoms with Crippen molar-refractivity contribution < 1.29 is 26.6 Å². The molecular formula is C21H18AsNO6. The number of benzene rings is 3. The van der Waals surface area contributed by atoms with E-state index in [1.807, 2.05) is 48.5 Å². The van der Waals surface area contributed by atoms with Gasteiger partial charge in [-0.3, -0.25) is 4.79 Å². The normalized spacial score (nSPS) is 13.4. The van der Waals surface area contributed by atoms with Crippen LogP contribution in [0.5, 0.6) is 0 Å². The minimum Gasteiger partial charge on any atom is -0.289 e. The Labute approximate surface area is 169 Å². The topological polar surface area (TPSA) is 113 Å². The smallest absolute Gasteiger partial charge is 0.194 e. The van der Waals surface area contributed by atoms with Gasteiger partial charge in [0.15, 0.2) is 5.78 Å². The van der Waals surface area contributed by atoms with Crippen LogP contribution in [0, 0.1) is 0 Å². The second-order valence-electron chi connectivity index (χ2n) is 6.25. The van der Waals surface area contributed by atoms with Crippen LogP contribution in [0.3, 0.4) is 0 Å². The van der Waals surface area contributed by atoms with Crippen LogP contribution in [0.25, 0.3) is 11.1 Å². The Morgan fingerprint density at radius 1 is 0.862 bits per heavy atom. The summed E-state index contributed by atoms with van der Waals surface area (Å²) >= 11 is -4.76. The zero-order valence-corrected chi connectivity index (χ0v) is 17.3. The third-order valence-corrected chi connectivity index (χ3v) is 6.72. The second kappa shape index (κ2) is 8.59. The first kappa shape index (κ1) is 20.8. The number of hydrogen-bond acceptors (Lipinski definition) is 5. The van der Waals surface area contributed by atoms with Crippen molar-refractivity contribution in [1.29, 1.82) is 0 Å². The maximum Gasteiger partial charge on any atom is 0.194 e. The summed E-state index contributed by atoms with van der Waals surface area (Å²) in [6.45, 7) is 1.35. The molecule has 1 amide bonds. The van der Waals surface area contributed by atoms with Crippen LogP contribution in [-0.4, -0.2) is 35.2 Å². The minimum atomic E-state index is -4.76. The van der Waals surface area contributed by atoms with Gasteiger partial charge in [-0.25, -0.2) is 0 Å². The van der Waals surface area contributed by atoms with Gasteiger partial charge in [0, 0.05) is 11.1 Å². The molecule has 3 aromatic rings. The molecule has 148 valence electrons. The molecule has 0 heterocycles. The molecule has 8 heteroatoms. The molecule has 0 aliphatic heterocycles. The van der Waals surface area contributed by atoms with Gasteiger partial charge in [-0.2, -0.15) is 0 Å². The summed E-state index contributed by atoms with van der Waals surface area (Å²) in [6.07, 6.45) is 0. The molecule has 1 atom stereocenters. The van der Waals surface area contributed by atoms with Gasteiger partial charge in [-0.1, -0.05) is 48.5 Å². The summed E-state index contributed by atoms with van der Waals surface area (Å²) < 4.78 is 23.8. The molecule has 0 saturated heterocycles. The summed E-state index contributed by atoms with van der Waals surface area (Å²) in [7, 11) is 0. The number of nitrogens with one attached hydrogen (secondary N) is 1. The van der Waals surface area contributed by atoms with Crippen molar-refractivity contribution in [3.63, 3.8) is 0 Å². The predicted octanol–water partition coefficient (Wildman–Crippen LogP) is 2.60. The third kappa shape index (κ3) is 4.55. The van der Waals surface area contributed by atoms with E-state index in [0.717, 1.165) is 22.3 Å². The number of anilines is 1. The van der Waals surface area contributed by atoms with E-state index < -0.39 is 14.2 Å². The molecule has 3 N–H and O–H groups in total. The van der Waals surface area contributed by atoms with Crippen LogP contribution < -0.4 is 9.67 Å². The van der Waals surface area contributed by atoms with Crippen molar-refractivity contribution in [2.75, 3.05) is 5.32 Å². The van der Waals surface area contributed by atoms with E-state index in [0.29, 0.717) is 5.69 Å². The number of amides is 1. The summed E-state index contributed by atoms with van der Waals surface area (Å²) in [5.74, 6) is -0.0881. The van der Waals surface area contributed by atoms with Gasteiger partial charge in [0.25, 0.3) is 0 Å². The standard InChI is InChI=1S/C13H8O.C8H10AsNO5/c14-13-11-7-3-1-5-9(11)10-6-2-4-8-12(10)13;1-6(11)10-8-4-2-7(3-5-8)9(12,13)15-14/h1-8H;2-5,14H,1H3,(H,10,11)(H,12,13). The van der Waals surface area contributed by atoms with Crippen LogP contribution in [0.15, 0.2) is 72.8 Å². The first-order chi connectivity index (χ1) is 13.8. The molecule has 7 nitrogen and oxygen atoms in total. The molecule has 0 bridgehead atoms. The van der Waals surface area contributed by atoms with Crippen LogP contribution in [0.2, 0.25) is 0 Å². The van der Waals surface area contributed by atoms with Crippen LogP contribution in [-0.2, 0) is 12.4 Å². The monoisotopic (exact) mass is 455 g/mol. The SMILES string of the molecule is CC(=O)Nc1ccc([As](=O)(O)OO)cc1.O=C1c2ccccc2-c2ccccc21. The Bertz CT molecular complexity index is 1060. The maximum absolute atomic E-state index is 11.9. The Kier molecular flexibility index (Phi) is 6.15.